The number of nitrogen functional groups attached to an aromatic ring is 1. The number of hydrogen-bond acceptors (Lipinski definition) is 4. The highest BCUT2D eigenvalue weighted by atomic mass is 16.5. The lowest BCUT2D eigenvalue weighted by Crippen LogP contribution is -2.11. The summed E-state index contributed by atoms with van der Waals surface area (Å²) in [4.78, 5) is 9.57. The molecule has 6 heteroatoms. The van der Waals surface area contributed by atoms with Crippen LogP contribution in [0.3, 0.4) is 0 Å². The zero-order valence-electron chi connectivity index (χ0n) is 19.4. The Morgan fingerprint density at radius 2 is 1.84 bits per heavy atom. The number of benzene rings is 2. The Morgan fingerprint density at radius 3 is 2.44 bits per heavy atom. The van der Waals surface area contributed by atoms with Crippen molar-refractivity contribution in [2.45, 2.75) is 53.0 Å². The fourth-order valence-corrected chi connectivity index (χ4v) is 3.53. The van der Waals surface area contributed by atoms with Crippen LogP contribution in [0, 0.1) is 11.3 Å². The molecule has 0 unspecified atom stereocenters. The molecule has 3 rings (SSSR count). The minimum atomic E-state index is 0. The third-order valence-corrected chi connectivity index (χ3v) is 5.14. The van der Waals surface area contributed by atoms with E-state index in [-0.39, 0.29) is 2.85 Å². The first kappa shape index (κ1) is 24.8. The second kappa shape index (κ2) is 13.1. The van der Waals surface area contributed by atoms with Gasteiger partial charge >= 0.3 is 0 Å². The molecule has 174 valence electrons. The molecule has 0 saturated heterocycles. The number of carbonyl (C=O) groups excluding carboxylic acids is 1. The van der Waals surface area contributed by atoms with Crippen molar-refractivity contribution in [1.82, 2.24) is 9.88 Å². The largest absolute Gasteiger partial charge is 0.494 e. The van der Waals surface area contributed by atoms with E-state index in [1.807, 2.05) is 49.4 Å². The molecule has 0 bridgehead atoms. The number of anilines is 1. The molecular weight excluding hydrogens is 400 g/mol. The zero-order chi connectivity index (χ0) is 23.3. The van der Waals surface area contributed by atoms with E-state index in [1.54, 1.807) is 0 Å². The Bertz CT molecular complexity index is 1040. The van der Waals surface area contributed by atoms with Crippen LogP contribution in [0.25, 0.3) is 22.2 Å². The van der Waals surface area contributed by atoms with Gasteiger partial charge in [0.2, 0.25) is 6.41 Å². The summed E-state index contributed by atoms with van der Waals surface area (Å²) in [5, 5.41) is 13.4. The lowest BCUT2D eigenvalue weighted by molar-refractivity contribution is -0.109. The van der Waals surface area contributed by atoms with Gasteiger partial charge in [0, 0.05) is 33.1 Å². The molecule has 3 N–H and O–H groups in total. The predicted molar refractivity (Wildman–Crippen MR) is 136 cm³/mol. The Labute approximate surface area is 194 Å². The molecule has 1 amide bonds. The summed E-state index contributed by atoms with van der Waals surface area (Å²) in [5.74, 6) is 0.832. The highest BCUT2D eigenvalue weighted by Gasteiger charge is 2.19. The van der Waals surface area contributed by atoms with Crippen molar-refractivity contribution in [3.8, 4) is 23.1 Å². The normalized spacial score (nSPS) is 10.2. The highest BCUT2D eigenvalue weighted by molar-refractivity contribution is 5.95. The van der Waals surface area contributed by atoms with Gasteiger partial charge in [0.15, 0.2) is 0 Å². The molecule has 0 aliphatic carbocycles. The molecule has 0 aliphatic rings. The standard InChI is InChI=1S/C21H23N3O.C5H11NO.2H2/c1-3-5-12-24-20-13-17(25-4-2)10-11-18(20)19(14-22)21(24)15-6-8-16(23)9-7-15;1-2-3-4-6-5-7;;/h6-11,13H,3-5,12,23H2,1-2H3;5H,2-4H2,1H3,(H,6,7);2*1H. The number of hydrogen-bond donors (Lipinski definition) is 2. The second-order valence-electron chi connectivity index (χ2n) is 7.50. The summed E-state index contributed by atoms with van der Waals surface area (Å²) in [7, 11) is 0. The molecule has 3 aromatic rings. The summed E-state index contributed by atoms with van der Waals surface area (Å²) in [5.41, 5.74) is 10.3. The quantitative estimate of drug-likeness (QED) is 0.231. The van der Waals surface area contributed by atoms with Gasteiger partial charge in [-0.2, -0.15) is 5.26 Å². The molecule has 0 spiro atoms. The van der Waals surface area contributed by atoms with Gasteiger partial charge < -0.3 is 20.4 Å². The Balaban J connectivity index is 0.00000106. The number of nitrogens with one attached hydrogen (secondary N) is 1. The molecule has 0 atom stereocenters. The number of amides is 1. The van der Waals surface area contributed by atoms with Gasteiger partial charge in [0.05, 0.1) is 23.4 Å². The zero-order valence-corrected chi connectivity index (χ0v) is 19.4. The predicted octanol–water partition coefficient (Wildman–Crippen LogP) is 5.99. The van der Waals surface area contributed by atoms with Crippen molar-refractivity contribution in [3.05, 3.63) is 48.0 Å². The van der Waals surface area contributed by atoms with Crippen LogP contribution >= 0.6 is 0 Å². The van der Waals surface area contributed by atoms with Gasteiger partial charge in [-0.15, -0.1) is 0 Å². The fourth-order valence-electron chi connectivity index (χ4n) is 3.53. The molecule has 0 saturated carbocycles. The van der Waals surface area contributed by atoms with E-state index in [2.05, 4.69) is 29.8 Å². The maximum absolute atomic E-state index is 9.82. The summed E-state index contributed by atoms with van der Waals surface area (Å²) < 4.78 is 7.91. The van der Waals surface area contributed by atoms with Gasteiger partial charge in [-0.25, -0.2) is 0 Å². The number of fused-ring (bicyclic) bond motifs is 1. The van der Waals surface area contributed by atoms with Gasteiger partial charge in [-0.1, -0.05) is 38.8 Å². The lowest BCUT2D eigenvalue weighted by Gasteiger charge is -2.12. The Morgan fingerprint density at radius 1 is 1.12 bits per heavy atom. The molecular formula is C26H38N4O2. The number of nitrogens with zero attached hydrogens (tertiary/aromatic N) is 2. The monoisotopic (exact) mass is 438 g/mol. The number of carbonyl (C=O) groups is 1. The van der Waals surface area contributed by atoms with Crippen LogP contribution in [0.4, 0.5) is 5.69 Å². The molecule has 2 aromatic carbocycles. The smallest absolute Gasteiger partial charge is 0.207 e. The third kappa shape index (κ3) is 6.27. The van der Waals surface area contributed by atoms with Crippen molar-refractivity contribution in [1.29, 1.82) is 5.26 Å². The highest BCUT2D eigenvalue weighted by Crippen LogP contribution is 2.36. The lowest BCUT2D eigenvalue weighted by atomic mass is 10.1. The van der Waals surface area contributed by atoms with Crippen molar-refractivity contribution in [2.75, 3.05) is 18.9 Å². The maximum atomic E-state index is 9.82. The summed E-state index contributed by atoms with van der Waals surface area (Å²) in [6, 6.07) is 16.1. The van der Waals surface area contributed by atoms with E-state index in [0.29, 0.717) is 12.2 Å². The number of aromatic nitrogens is 1. The second-order valence-corrected chi connectivity index (χ2v) is 7.50. The SMILES string of the molecule is CCCCNC=O.CCCCn1c(-c2ccc(N)cc2)c(C#N)c2ccc(OCC)cc21.[HH].[HH]. The molecule has 0 radical (unpaired) electrons. The van der Waals surface area contributed by atoms with Crippen LogP contribution in [0.15, 0.2) is 42.5 Å². The molecule has 32 heavy (non-hydrogen) atoms. The molecule has 6 nitrogen and oxygen atoms in total. The van der Waals surface area contributed by atoms with Crippen molar-refractivity contribution in [2.24, 2.45) is 0 Å². The third-order valence-electron chi connectivity index (χ3n) is 5.14. The minimum Gasteiger partial charge on any atom is -0.494 e. The number of ether oxygens (including phenoxy) is 1. The number of unbranched alkanes of at least 4 members (excludes halogenated alkanes) is 2. The number of rotatable bonds is 10. The topological polar surface area (TPSA) is 93.1 Å². The Hall–Kier alpha value is -3.46. The average molecular weight is 439 g/mol. The van der Waals surface area contributed by atoms with E-state index in [9.17, 15) is 10.1 Å². The first-order valence-corrected chi connectivity index (χ1v) is 11.3. The van der Waals surface area contributed by atoms with E-state index in [0.717, 1.165) is 78.8 Å². The fraction of sp³-hybridized carbons (Fsp3) is 0.385. The van der Waals surface area contributed by atoms with Crippen molar-refractivity contribution >= 4 is 23.0 Å². The minimum absolute atomic E-state index is 0. The van der Waals surface area contributed by atoms with Crippen molar-refractivity contribution < 1.29 is 12.4 Å². The first-order chi connectivity index (χ1) is 15.6. The van der Waals surface area contributed by atoms with Gasteiger partial charge in [-0.3, -0.25) is 4.79 Å². The first-order valence-electron chi connectivity index (χ1n) is 11.3. The molecule has 0 fully saturated rings. The van der Waals surface area contributed by atoms with Crippen LogP contribution in [0.5, 0.6) is 5.75 Å². The average Bonchev–Trinajstić information content (AvgIpc) is 3.12. The summed E-state index contributed by atoms with van der Waals surface area (Å²) in [6.45, 7) is 8.54. The number of nitriles is 1. The molecule has 1 aromatic heterocycles. The van der Waals surface area contributed by atoms with Crippen LogP contribution in [0.2, 0.25) is 0 Å². The number of aryl methyl sites for hydroxylation is 1. The van der Waals surface area contributed by atoms with Gasteiger partial charge in [-0.05, 0) is 49.6 Å². The van der Waals surface area contributed by atoms with E-state index < -0.39 is 0 Å². The van der Waals surface area contributed by atoms with Gasteiger partial charge in [0.25, 0.3) is 0 Å². The van der Waals surface area contributed by atoms with E-state index in [4.69, 9.17) is 10.5 Å². The number of nitrogens with two attached hydrogens (primary N) is 1. The molecule has 0 aliphatic heterocycles. The van der Waals surface area contributed by atoms with E-state index in [1.165, 1.54) is 0 Å². The Kier molecular flexibility index (Phi) is 10.1. The van der Waals surface area contributed by atoms with Crippen molar-refractivity contribution in [3.63, 3.8) is 0 Å². The molecule has 1 heterocycles. The van der Waals surface area contributed by atoms with Crippen LogP contribution in [0.1, 0.15) is 54.9 Å². The van der Waals surface area contributed by atoms with E-state index >= 15 is 0 Å². The van der Waals surface area contributed by atoms with Crippen LogP contribution < -0.4 is 15.8 Å². The van der Waals surface area contributed by atoms with Gasteiger partial charge in [0.1, 0.15) is 11.8 Å². The summed E-state index contributed by atoms with van der Waals surface area (Å²) >= 11 is 0. The van der Waals surface area contributed by atoms with Crippen LogP contribution in [-0.4, -0.2) is 24.1 Å². The van der Waals surface area contributed by atoms with Crippen LogP contribution in [-0.2, 0) is 11.3 Å². The summed E-state index contributed by atoms with van der Waals surface area (Å²) in [6.07, 6.45) is 5.10. The maximum Gasteiger partial charge on any atom is 0.207 e.